The van der Waals surface area contributed by atoms with E-state index in [-0.39, 0.29) is 0 Å². The summed E-state index contributed by atoms with van der Waals surface area (Å²) < 4.78 is 26.6. The third-order valence-corrected chi connectivity index (χ3v) is 5.32. The minimum atomic E-state index is -3.27. The monoisotopic (exact) mass is 247 g/mol. The Morgan fingerprint density at radius 3 is 2.53 bits per heavy atom. The average molecular weight is 247 g/mol. The van der Waals surface area contributed by atoms with Gasteiger partial charge in [-0.15, -0.1) is 11.3 Å². The molecule has 0 spiro atoms. The van der Waals surface area contributed by atoms with E-state index in [1.54, 1.807) is 6.07 Å². The van der Waals surface area contributed by atoms with Gasteiger partial charge in [-0.05, 0) is 31.9 Å². The summed E-state index contributed by atoms with van der Waals surface area (Å²) >= 11 is 1.33. The first-order valence-corrected chi connectivity index (χ1v) is 7.34. The predicted molar refractivity (Wildman–Crippen MR) is 63.9 cm³/mol. The van der Waals surface area contributed by atoms with Gasteiger partial charge in [0.25, 0.3) is 0 Å². The molecular weight excluding hydrogens is 230 g/mol. The van der Waals surface area contributed by atoms with Gasteiger partial charge < -0.3 is 0 Å². The molecule has 3 nitrogen and oxygen atoms in total. The van der Waals surface area contributed by atoms with Crippen molar-refractivity contribution in [3.05, 3.63) is 16.5 Å². The standard InChI is InChI=1S/C10H17NO2S2/c1-4-5-6-11-15(12,13)10-7-8(2)9(3)14-10/h7,11H,4-6H2,1-3H3. The smallest absolute Gasteiger partial charge is 0.210 e. The van der Waals surface area contributed by atoms with E-state index >= 15 is 0 Å². The SMILES string of the molecule is CCCCNS(=O)(=O)c1cc(C)c(C)s1. The van der Waals surface area contributed by atoms with Gasteiger partial charge in [0.2, 0.25) is 10.0 Å². The van der Waals surface area contributed by atoms with Crippen LogP contribution >= 0.6 is 11.3 Å². The van der Waals surface area contributed by atoms with E-state index in [9.17, 15) is 8.42 Å². The Kier molecular flexibility index (Phi) is 4.31. The Hall–Kier alpha value is -0.390. The maximum absolute atomic E-state index is 11.8. The summed E-state index contributed by atoms with van der Waals surface area (Å²) in [6.07, 6.45) is 1.87. The van der Waals surface area contributed by atoms with E-state index in [4.69, 9.17) is 0 Å². The summed E-state index contributed by atoms with van der Waals surface area (Å²) in [7, 11) is -3.27. The van der Waals surface area contributed by atoms with E-state index in [0.717, 1.165) is 23.3 Å². The fourth-order valence-corrected chi connectivity index (χ4v) is 3.76. The summed E-state index contributed by atoms with van der Waals surface area (Å²) in [5.41, 5.74) is 1.04. The van der Waals surface area contributed by atoms with Crippen molar-refractivity contribution in [2.75, 3.05) is 6.54 Å². The van der Waals surface area contributed by atoms with Crippen LogP contribution in [-0.4, -0.2) is 15.0 Å². The Morgan fingerprint density at radius 2 is 2.07 bits per heavy atom. The van der Waals surface area contributed by atoms with Gasteiger partial charge in [-0.1, -0.05) is 13.3 Å². The van der Waals surface area contributed by atoms with Crippen LogP contribution in [0.15, 0.2) is 10.3 Å². The van der Waals surface area contributed by atoms with Gasteiger partial charge in [0.05, 0.1) is 0 Å². The number of unbranched alkanes of at least 4 members (excludes halogenated alkanes) is 1. The van der Waals surface area contributed by atoms with Crippen molar-refractivity contribution in [1.82, 2.24) is 4.72 Å². The fourth-order valence-electron chi connectivity index (χ4n) is 1.13. The number of thiophene rings is 1. The summed E-state index contributed by atoms with van der Waals surface area (Å²) in [6, 6.07) is 1.73. The summed E-state index contributed by atoms with van der Waals surface area (Å²) in [5.74, 6) is 0. The van der Waals surface area contributed by atoms with Crippen molar-refractivity contribution in [3.8, 4) is 0 Å². The predicted octanol–water partition coefficient (Wildman–Crippen LogP) is 2.44. The lowest BCUT2D eigenvalue weighted by Crippen LogP contribution is -2.23. The molecule has 5 heteroatoms. The van der Waals surface area contributed by atoms with Gasteiger partial charge in [0.1, 0.15) is 4.21 Å². The van der Waals surface area contributed by atoms with Gasteiger partial charge in [-0.2, -0.15) is 0 Å². The lowest BCUT2D eigenvalue weighted by Gasteiger charge is -2.02. The van der Waals surface area contributed by atoms with E-state index < -0.39 is 10.0 Å². The Balaban J connectivity index is 2.77. The average Bonchev–Trinajstić information content (AvgIpc) is 2.48. The lowest BCUT2D eigenvalue weighted by molar-refractivity contribution is 0.580. The minimum absolute atomic E-state index is 0.425. The fraction of sp³-hybridized carbons (Fsp3) is 0.600. The number of hydrogen-bond donors (Lipinski definition) is 1. The Morgan fingerprint density at radius 1 is 1.40 bits per heavy atom. The highest BCUT2D eigenvalue weighted by Gasteiger charge is 2.16. The van der Waals surface area contributed by atoms with Crippen LogP contribution in [0.1, 0.15) is 30.2 Å². The highest BCUT2D eigenvalue weighted by molar-refractivity contribution is 7.91. The molecule has 1 heterocycles. The molecule has 0 saturated heterocycles. The molecule has 0 fully saturated rings. The van der Waals surface area contributed by atoms with Crippen LogP contribution in [0, 0.1) is 13.8 Å². The van der Waals surface area contributed by atoms with Crippen LogP contribution in [0.5, 0.6) is 0 Å². The molecule has 86 valence electrons. The van der Waals surface area contributed by atoms with E-state index in [2.05, 4.69) is 4.72 Å². The molecule has 0 aliphatic heterocycles. The van der Waals surface area contributed by atoms with Crippen molar-refractivity contribution in [1.29, 1.82) is 0 Å². The third-order valence-electron chi connectivity index (χ3n) is 2.23. The van der Waals surface area contributed by atoms with Crippen LogP contribution in [0.2, 0.25) is 0 Å². The first-order valence-electron chi connectivity index (χ1n) is 5.04. The van der Waals surface area contributed by atoms with Crippen molar-refractivity contribution in [3.63, 3.8) is 0 Å². The van der Waals surface area contributed by atoms with Gasteiger partial charge in [-0.25, -0.2) is 13.1 Å². The molecule has 0 amide bonds. The molecule has 1 N–H and O–H groups in total. The van der Waals surface area contributed by atoms with Crippen LogP contribution in [0.3, 0.4) is 0 Å². The van der Waals surface area contributed by atoms with E-state index in [1.807, 2.05) is 20.8 Å². The molecule has 0 saturated carbocycles. The number of sulfonamides is 1. The second-order valence-corrected chi connectivity index (χ2v) is 6.81. The zero-order valence-electron chi connectivity index (χ0n) is 9.33. The quantitative estimate of drug-likeness (QED) is 0.812. The van der Waals surface area contributed by atoms with Gasteiger partial charge >= 0.3 is 0 Å². The first kappa shape index (κ1) is 12.7. The molecule has 0 unspecified atom stereocenters. The van der Waals surface area contributed by atoms with Crippen molar-refractivity contribution in [2.24, 2.45) is 0 Å². The molecule has 1 rings (SSSR count). The highest BCUT2D eigenvalue weighted by atomic mass is 32.2. The van der Waals surface area contributed by atoms with Gasteiger partial charge in [-0.3, -0.25) is 0 Å². The van der Waals surface area contributed by atoms with Crippen LogP contribution in [0.4, 0.5) is 0 Å². The maximum Gasteiger partial charge on any atom is 0.250 e. The van der Waals surface area contributed by atoms with E-state index in [0.29, 0.717) is 10.8 Å². The summed E-state index contributed by atoms with van der Waals surface area (Å²) in [4.78, 5) is 1.06. The van der Waals surface area contributed by atoms with Crippen LogP contribution in [0.25, 0.3) is 0 Å². The van der Waals surface area contributed by atoms with Crippen molar-refractivity contribution in [2.45, 2.75) is 37.8 Å². The number of hydrogen-bond acceptors (Lipinski definition) is 3. The Bertz CT molecular complexity index is 401. The highest BCUT2D eigenvalue weighted by Crippen LogP contribution is 2.24. The summed E-state index contributed by atoms with van der Waals surface area (Å²) in [6.45, 7) is 6.42. The largest absolute Gasteiger partial charge is 0.250 e. The second kappa shape index (κ2) is 5.09. The topological polar surface area (TPSA) is 46.2 Å². The molecule has 0 bridgehead atoms. The molecule has 0 atom stereocenters. The Labute approximate surface area is 95.6 Å². The number of nitrogens with one attached hydrogen (secondary N) is 1. The maximum atomic E-state index is 11.8. The van der Waals surface area contributed by atoms with Gasteiger partial charge in [0, 0.05) is 11.4 Å². The van der Waals surface area contributed by atoms with Crippen molar-refractivity contribution < 1.29 is 8.42 Å². The summed E-state index contributed by atoms with van der Waals surface area (Å²) in [5, 5.41) is 0. The molecule has 1 aromatic rings. The molecular formula is C10H17NO2S2. The second-order valence-electron chi connectivity index (χ2n) is 3.56. The normalized spacial score (nSPS) is 11.9. The van der Waals surface area contributed by atoms with Crippen LogP contribution < -0.4 is 4.72 Å². The molecule has 0 radical (unpaired) electrons. The third kappa shape index (κ3) is 3.29. The molecule has 15 heavy (non-hydrogen) atoms. The molecule has 0 aliphatic rings. The number of aryl methyl sites for hydroxylation is 2. The zero-order chi connectivity index (χ0) is 11.5. The minimum Gasteiger partial charge on any atom is -0.210 e. The van der Waals surface area contributed by atoms with E-state index in [1.165, 1.54) is 11.3 Å². The molecule has 0 aromatic carbocycles. The van der Waals surface area contributed by atoms with Crippen molar-refractivity contribution >= 4 is 21.4 Å². The molecule has 0 aliphatic carbocycles. The lowest BCUT2D eigenvalue weighted by atomic mass is 10.3. The zero-order valence-corrected chi connectivity index (χ0v) is 11.0. The molecule has 1 aromatic heterocycles. The first-order chi connectivity index (χ1) is 6.97. The van der Waals surface area contributed by atoms with Crippen LogP contribution in [-0.2, 0) is 10.0 Å². The van der Waals surface area contributed by atoms with Gasteiger partial charge in [0.15, 0.2) is 0 Å². The number of rotatable bonds is 5.